The number of ether oxygens (including phenoxy) is 1. The highest BCUT2D eigenvalue weighted by Crippen LogP contribution is 2.33. The van der Waals surface area contributed by atoms with E-state index >= 15 is 0 Å². The van der Waals surface area contributed by atoms with E-state index in [9.17, 15) is 0 Å². The highest BCUT2D eigenvalue weighted by molar-refractivity contribution is 5.44. The van der Waals surface area contributed by atoms with Gasteiger partial charge in [0.05, 0.1) is 7.11 Å². The third-order valence-electron chi connectivity index (χ3n) is 3.88. The van der Waals surface area contributed by atoms with Crippen LogP contribution in [0, 0.1) is 13.8 Å². The molecule has 0 spiro atoms. The normalized spacial score (nSPS) is 12.6. The van der Waals surface area contributed by atoms with Crippen molar-refractivity contribution in [3.05, 3.63) is 28.8 Å². The van der Waals surface area contributed by atoms with Crippen molar-refractivity contribution >= 4 is 0 Å². The van der Waals surface area contributed by atoms with Crippen molar-refractivity contribution < 1.29 is 4.74 Å². The molecule has 0 atom stereocenters. The van der Waals surface area contributed by atoms with Gasteiger partial charge in [0.15, 0.2) is 0 Å². The van der Waals surface area contributed by atoms with Crippen LogP contribution in [0.4, 0.5) is 0 Å². The van der Waals surface area contributed by atoms with E-state index in [1.54, 1.807) is 7.11 Å². The van der Waals surface area contributed by atoms with Crippen LogP contribution < -0.4 is 10.1 Å². The Labute approximate surface area is 124 Å². The van der Waals surface area contributed by atoms with E-state index in [1.807, 2.05) is 0 Å². The van der Waals surface area contributed by atoms with Crippen LogP contribution in [0.2, 0.25) is 0 Å². The second-order valence-corrected chi connectivity index (χ2v) is 7.45. The van der Waals surface area contributed by atoms with E-state index in [1.165, 1.54) is 16.7 Å². The Morgan fingerprint density at radius 1 is 1.00 bits per heavy atom. The summed E-state index contributed by atoms with van der Waals surface area (Å²) in [5.74, 6) is 0.981. The van der Waals surface area contributed by atoms with Crippen molar-refractivity contribution in [3.63, 3.8) is 0 Å². The molecule has 0 aliphatic carbocycles. The SMILES string of the molecule is COc1cc(C)c(C(C)(C)CCNC(C)(C)C)cc1C. The Morgan fingerprint density at radius 3 is 2.10 bits per heavy atom. The molecule has 2 heteroatoms. The second kappa shape index (κ2) is 6.17. The molecule has 1 rings (SSSR count). The van der Waals surface area contributed by atoms with Gasteiger partial charge in [-0.25, -0.2) is 0 Å². The smallest absolute Gasteiger partial charge is 0.122 e. The lowest BCUT2D eigenvalue weighted by Crippen LogP contribution is -2.38. The maximum atomic E-state index is 5.41. The fraction of sp³-hybridized carbons (Fsp3) is 0.667. The molecule has 0 heterocycles. The Morgan fingerprint density at radius 2 is 1.60 bits per heavy atom. The Balaban J connectivity index is 2.89. The molecule has 0 radical (unpaired) electrons. The van der Waals surface area contributed by atoms with Crippen molar-refractivity contribution in [3.8, 4) is 5.75 Å². The summed E-state index contributed by atoms with van der Waals surface area (Å²) >= 11 is 0. The third-order valence-corrected chi connectivity index (χ3v) is 3.88. The standard InChI is InChI=1S/C18H31NO/c1-13-12-16(20-8)14(2)11-15(13)18(6,7)9-10-19-17(3,4)5/h11-12,19H,9-10H2,1-8H3. The number of methoxy groups -OCH3 is 1. The van der Waals surface area contributed by atoms with Crippen LogP contribution in [0.15, 0.2) is 12.1 Å². The van der Waals surface area contributed by atoms with Gasteiger partial charge in [-0.3, -0.25) is 0 Å². The van der Waals surface area contributed by atoms with Crippen molar-refractivity contribution in [2.75, 3.05) is 13.7 Å². The molecule has 0 saturated heterocycles. The fourth-order valence-electron chi connectivity index (χ4n) is 2.62. The number of hydrogen-bond acceptors (Lipinski definition) is 2. The molecule has 0 aliphatic heterocycles. The minimum Gasteiger partial charge on any atom is -0.496 e. The first kappa shape index (κ1) is 17.0. The first-order chi connectivity index (χ1) is 9.07. The minimum atomic E-state index is 0.166. The zero-order chi connectivity index (χ0) is 15.6. The molecule has 1 aromatic carbocycles. The molecule has 0 aromatic heterocycles. The van der Waals surface area contributed by atoms with Crippen LogP contribution in [0.3, 0.4) is 0 Å². The van der Waals surface area contributed by atoms with Gasteiger partial charge in [0.2, 0.25) is 0 Å². The maximum Gasteiger partial charge on any atom is 0.122 e. The lowest BCUT2D eigenvalue weighted by molar-refractivity contribution is 0.377. The lowest BCUT2D eigenvalue weighted by atomic mass is 9.78. The van der Waals surface area contributed by atoms with Gasteiger partial charge in [0.25, 0.3) is 0 Å². The highest BCUT2D eigenvalue weighted by atomic mass is 16.5. The molecular formula is C18H31NO. The largest absolute Gasteiger partial charge is 0.496 e. The monoisotopic (exact) mass is 277 g/mol. The summed E-state index contributed by atoms with van der Waals surface area (Å²) in [6.45, 7) is 16.6. The molecule has 0 fully saturated rings. The van der Waals surface area contributed by atoms with Gasteiger partial charge in [-0.2, -0.15) is 0 Å². The van der Waals surface area contributed by atoms with Crippen LogP contribution >= 0.6 is 0 Å². The van der Waals surface area contributed by atoms with E-state index in [2.05, 4.69) is 65.9 Å². The summed E-state index contributed by atoms with van der Waals surface area (Å²) in [7, 11) is 1.74. The van der Waals surface area contributed by atoms with Crippen LogP contribution in [0.5, 0.6) is 5.75 Å². The molecule has 0 unspecified atom stereocenters. The van der Waals surface area contributed by atoms with Gasteiger partial charge in [-0.15, -0.1) is 0 Å². The summed E-state index contributed by atoms with van der Waals surface area (Å²) in [6.07, 6.45) is 1.12. The summed E-state index contributed by atoms with van der Waals surface area (Å²) in [4.78, 5) is 0. The Bertz CT molecular complexity index is 455. The molecule has 1 N–H and O–H groups in total. The third kappa shape index (κ3) is 4.52. The van der Waals surface area contributed by atoms with E-state index in [-0.39, 0.29) is 11.0 Å². The van der Waals surface area contributed by atoms with Gasteiger partial charge in [-0.1, -0.05) is 19.9 Å². The first-order valence-corrected chi connectivity index (χ1v) is 7.47. The van der Waals surface area contributed by atoms with E-state index < -0.39 is 0 Å². The van der Waals surface area contributed by atoms with Crippen LogP contribution in [-0.4, -0.2) is 19.2 Å². The van der Waals surface area contributed by atoms with E-state index in [4.69, 9.17) is 4.74 Å². The molecule has 0 saturated carbocycles. The van der Waals surface area contributed by atoms with Gasteiger partial charge in [0.1, 0.15) is 5.75 Å². The topological polar surface area (TPSA) is 21.3 Å². The van der Waals surface area contributed by atoms with Crippen molar-refractivity contribution in [1.29, 1.82) is 0 Å². The van der Waals surface area contributed by atoms with E-state index in [0.717, 1.165) is 18.7 Å². The quantitative estimate of drug-likeness (QED) is 0.863. The molecule has 0 aliphatic rings. The van der Waals surface area contributed by atoms with Gasteiger partial charge in [-0.05, 0) is 75.8 Å². The maximum absolute atomic E-state index is 5.41. The lowest BCUT2D eigenvalue weighted by Gasteiger charge is -2.30. The second-order valence-electron chi connectivity index (χ2n) is 7.45. The van der Waals surface area contributed by atoms with Crippen LogP contribution in [0.1, 0.15) is 57.7 Å². The number of benzene rings is 1. The summed E-state index contributed by atoms with van der Waals surface area (Å²) < 4.78 is 5.41. The summed E-state index contributed by atoms with van der Waals surface area (Å²) in [6, 6.07) is 4.44. The number of nitrogens with one attached hydrogen (secondary N) is 1. The predicted octanol–water partition coefficient (Wildman–Crippen LogP) is 4.37. The first-order valence-electron chi connectivity index (χ1n) is 7.47. The zero-order valence-corrected chi connectivity index (χ0v) is 14.5. The number of rotatable bonds is 5. The van der Waals surface area contributed by atoms with E-state index in [0.29, 0.717) is 0 Å². The molecule has 2 nitrogen and oxygen atoms in total. The summed E-state index contributed by atoms with van der Waals surface area (Å²) in [5, 5.41) is 3.58. The zero-order valence-electron chi connectivity index (χ0n) is 14.5. The number of aryl methyl sites for hydroxylation is 2. The average Bonchev–Trinajstić information content (AvgIpc) is 2.29. The van der Waals surface area contributed by atoms with Crippen molar-refractivity contribution in [2.24, 2.45) is 0 Å². The Hall–Kier alpha value is -1.02. The van der Waals surface area contributed by atoms with Crippen LogP contribution in [0.25, 0.3) is 0 Å². The molecule has 0 bridgehead atoms. The molecular weight excluding hydrogens is 246 g/mol. The molecule has 20 heavy (non-hydrogen) atoms. The predicted molar refractivity (Wildman–Crippen MR) is 87.9 cm³/mol. The molecule has 0 amide bonds. The van der Waals surface area contributed by atoms with Gasteiger partial charge in [0, 0.05) is 5.54 Å². The minimum absolute atomic E-state index is 0.166. The van der Waals surface area contributed by atoms with Gasteiger partial charge < -0.3 is 10.1 Å². The molecule has 1 aromatic rings. The average molecular weight is 277 g/mol. The van der Waals surface area contributed by atoms with Crippen molar-refractivity contribution in [2.45, 2.75) is 65.8 Å². The summed E-state index contributed by atoms with van der Waals surface area (Å²) in [5.41, 5.74) is 4.30. The number of hydrogen-bond donors (Lipinski definition) is 1. The fourth-order valence-corrected chi connectivity index (χ4v) is 2.62. The Kier molecular flexibility index (Phi) is 5.26. The highest BCUT2D eigenvalue weighted by Gasteiger charge is 2.24. The van der Waals surface area contributed by atoms with Crippen LogP contribution in [-0.2, 0) is 5.41 Å². The van der Waals surface area contributed by atoms with Crippen molar-refractivity contribution in [1.82, 2.24) is 5.32 Å². The molecule has 114 valence electrons. The van der Waals surface area contributed by atoms with Gasteiger partial charge >= 0.3 is 0 Å².